The van der Waals surface area contributed by atoms with Crippen LogP contribution in [-0.4, -0.2) is 113 Å². The summed E-state index contributed by atoms with van der Waals surface area (Å²) in [5, 5.41) is 12.6. The summed E-state index contributed by atoms with van der Waals surface area (Å²) in [7, 11) is 0. The lowest BCUT2D eigenvalue weighted by Crippen LogP contribution is -2.56. The van der Waals surface area contributed by atoms with E-state index in [1.807, 2.05) is 4.90 Å². The third-order valence-corrected chi connectivity index (χ3v) is 8.20. The Morgan fingerprint density at radius 2 is 1.73 bits per heavy atom. The summed E-state index contributed by atoms with van der Waals surface area (Å²) in [6.07, 6.45) is 0.929. The first kappa shape index (κ1) is 33.5. The number of aromatic nitrogens is 1. The summed E-state index contributed by atoms with van der Waals surface area (Å²) in [4.78, 5) is 72.9. The van der Waals surface area contributed by atoms with Crippen LogP contribution in [0.25, 0.3) is 10.9 Å². The highest BCUT2D eigenvalue weighted by atomic mass is 16.6. The fraction of sp³-hybridized carbons (Fsp3) is 0.562. The van der Waals surface area contributed by atoms with Crippen LogP contribution >= 0.6 is 0 Å². The number of benzene rings is 1. The molecule has 2 aliphatic heterocycles. The van der Waals surface area contributed by atoms with Gasteiger partial charge in [0, 0.05) is 56.6 Å². The first-order valence-electron chi connectivity index (χ1n) is 15.4. The SMILES string of the molecule is CCOC(=O)N1CCN(C(=O)C(CCC(=O)O)NC(=O)c2cc(OCC(=O)N3CCC[C@H]3C(C)(C)C)c3ccccc3n2)CC1. The van der Waals surface area contributed by atoms with Crippen LogP contribution in [0.15, 0.2) is 30.3 Å². The zero-order valence-electron chi connectivity index (χ0n) is 26.4. The van der Waals surface area contributed by atoms with Crippen molar-refractivity contribution >= 4 is 40.7 Å². The van der Waals surface area contributed by atoms with E-state index in [0.717, 1.165) is 12.8 Å². The van der Waals surface area contributed by atoms with E-state index >= 15 is 0 Å². The molecule has 0 spiro atoms. The summed E-state index contributed by atoms with van der Waals surface area (Å²) in [5.74, 6) is -2.07. The van der Waals surface area contributed by atoms with Crippen molar-refractivity contribution in [2.75, 3.05) is 45.9 Å². The van der Waals surface area contributed by atoms with Crippen molar-refractivity contribution in [2.45, 2.75) is 65.5 Å². The van der Waals surface area contributed by atoms with Gasteiger partial charge >= 0.3 is 12.1 Å². The molecule has 244 valence electrons. The molecule has 0 radical (unpaired) electrons. The summed E-state index contributed by atoms with van der Waals surface area (Å²) in [6, 6.07) is 7.48. The van der Waals surface area contributed by atoms with Gasteiger partial charge in [0.2, 0.25) is 5.91 Å². The zero-order valence-corrected chi connectivity index (χ0v) is 26.4. The van der Waals surface area contributed by atoms with E-state index in [-0.39, 0.29) is 75.3 Å². The van der Waals surface area contributed by atoms with Gasteiger partial charge in [-0.05, 0) is 43.7 Å². The smallest absolute Gasteiger partial charge is 0.409 e. The van der Waals surface area contributed by atoms with Gasteiger partial charge in [0.25, 0.3) is 11.8 Å². The second kappa shape index (κ2) is 14.6. The summed E-state index contributed by atoms with van der Waals surface area (Å²) >= 11 is 0. The molecule has 1 aromatic carbocycles. The molecule has 3 heterocycles. The minimum absolute atomic E-state index is 0.0369. The molecule has 2 fully saturated rings. The highest BCUT2D eigenvalue weighted by Crippen LogP contribution is 2.33. The molecule has 4 amide bonds. The number of carboxylic acid groups (broad SMARTS) is 1. The Kier molecular flexibility index (Phi) is 10.8. The number of ether oxygens (including phenoxy) is 2. The summed E-state index contributed by atoms with van der Waals surface area (Å²) in [5.41, 5.74) is 0.360. The van der Waals surface area contributed by atoms with Gasteiger partial charge in [0.1, 0.15) is 17.5 Å². The van der Waals surface area contributed by atoms with Gasteiger partial charge in [-0.3, -0.25) is 19.2 Å². The summed E-state index contributed by atoms with van der Waals surface area (Å²) in [6.45, 7) is 9.68. The van der Waals surface area contributed by atoms with Gasteiger partial charge in [-0.1, -0.05) is 32.9 Å². The molecule has 0 aliphatic carbocycles. The normalized spacial score (nSPS) is 17.6. The van der Waals surface area contributed by atoms with Crippen LogP contribution in [0.1, 0.15) is 63.9 Å². The van der Waals surface area contributed by atoms with Gasteiger partial charge < -0.3 is 34.6 Å². The van der Waals surface area contributed by atoms with Crippen LogP contribution in [0.2, 0.25) is 0 Å². The van der Waals surface area contributed by atoms with Crippen molar-refractivity contribution in [3.05, 3.63) is 36.0 Å². The van der Waals surface area contributed by atoms with Crippen LogP contribution < -0.4 is 10.1 Å². The molecule has 2 saturated heterocycles. The number of pyridine rings is 1. The average Bonchev–Trinajstić information content (AvgIpc) is 3.53. The zero-order chi connectivity index (χ0) is 32.7. The van der Waals surface area contributed by atoms with E-state index in [2.05, 4.69) is 31.1 Å². The lowest BCUT2D eigenvalue weighted by Gasteiger charge is -2.36. The molecule has 13 nitrogen and oxygen atoms in total. The van der Waals surface area contributed by atoms with Crippen molar-refractivity contribution in [1.82, 2.24) is 25.0 Å². The van der Waals surface area contributed by atoms with Crippen molar-refractivity contribution < 1.29 is 38.6 Å². The maximum atomic E-state index is 13.5. The monoisotopic (exact) mass is 625 g/mol. The quantitative estimate of drug-likeness (QED) is 0.405. The molecular formula is C32H43N5O8. The lowest BCUT2D eigenvalue weighted by atomic mass is 9.85. The highest BCUT2D eigenvalue weighted by Gasteiger charge is 2.37. The number of carbonyl (C=O) groups excluding carboxylic acids is 4. The van der Waals surface area contributed by atoms with Gasteiger partial charge in [-0.25, -0.2) is 9.78 Å². The minimum Gasteiger partial charge on any atom is -0.483 e. The standard InChI is InChI=1S/C32H43N5O8/c1-5-44-31(43)36-17-15-35(16-18-36)30(42)23(12-13-28(39)40)34-29(41)24-19-25(21-9-6-7-10-22(21)33-24)45-20-27(38)37-14-8-11-26(37)32(2,3)4/h6-7,9-10,19,23,26H,5,8,11-18,20H2,1-4H3,(H,34,41)(H,39,40)/t23?,26-/m0/s1. The van der Waals surface area contributed by atoms with E-state index in [0.29, 0.717) is 23.2 Å². The van der Waals surface area contributed by atoms with Gasteiger partial charge in [0.15, 0.2) is 6.61 Å². The van der Waals surface area contributed by atoms with Crippen LogP contribution in [0.4, 0.5) is 4.79 Å². The number of hydrogen-bond acceptors (Lipinski definition) is 8. The second-order valence-corrected chi connectivity index (χ2v) is 12.4. The van der Waals surface area contributed by atoms with Crippen molar-refractivity contribution in [3.8, 4) is 5.75 Å². The van der Waals surface area contributed by atoms with E-state index in [4.69, 9.17) is 9.47 Å². The maximum absolute atomic E-state index is 13.5. The number of nitrogens with one attached hydrogen (secondary N) is 1. The molecule has 45 heavy (non-hydrogen) atoms. The number of carboxylic acids is 1. The topological polar surface area (TPSA) is 159 Å². The van der Waals surface area contributed by atoms with Gasteiger partial charge in [-0.15, -0.1) is 0 Å². The van der Waals surface area contributed by atoms with Crippen molar-refractivity contribution in [1.29, 1.82) is 0 Å². The molecule has 0 saturated carbocycles. The number of fused-ring (bicyclic) bond motifs is 1. The molecule has 1 aromatic heterocycles. The van der Waals surface area contributed by atoms with Crippen molar-refractivity contribution in [3.63, 3.8) is 0 Å². The highest BCUT2D eigenvalue weighted by molar-refractivity contribution is 5.99. The number of likely N-dealkylation sites (tertiary alicyclic amines) is 1. The Balaban J connectivity index is 1.49. The number of amides is 4. The van der Waals surface area contributed by atoms with Gasteiger partial charge in [0.05, 0.1) is 12.1 Å². The molecule has 2 aromatic rings. The number of nitrogens with zero attached hydrogens (tertiary/aromatic N) is 4. The van der Waals surface area contributed by atoms with Gasteiger partial charge in [-0.2, -0.15) is 0 Å². The summed E-state index contributed by atoms with van der Waals surface area (Å²) < 4.78 is 11.0. The molecule has 2 N–H and O–H groups in total. The second-order valence-electron chi connectivity index (χ2n) is 12.4. The number of para-hydroxylation sites is 1. The fourth-order valence-corrected chi connectivity index (χ4v) is 5.87. The average molecular weight is 626 g/mol. The number of rotatable bonds is 10. The third kappa shape index (κ3) is 8.40. The lowest BCUT2D eigenvalue weighted by molar-refractivity contribution is -0.138. The predicted octanol–water partition coefficient (Wildman–Crippen LogP) is 2.91. The van der Waals surface area contributed by atoms with Crippen LogP contribution in [0.5, 0.6) is 5.75 Å². The van der Waals surface area contributed by atoms with E-state index in [1.165, 1.54) is 15.9 Å². The molecule has 2 aliphatic rings. The molecular weight excluding hydrogens is 582 g/mol. The first-order valence-corrected chi connectivity index (χ1v) is 15.4. The van der Waals surface area contributed by atoms with Crippen LogP contribution in [-0.2, 0) is 19.1 Å². The number of aliphatic carboxylic acids is 1. The predicted molar refractivity (Wildman–Crippen MR) is 165 cm³/mol. The van der Waals surface area contributed by atoms with Crippen LogP contribution in [0.3, 0.4) is 0 Å². The molecule has 13 heteroatoms. The number of hydrogen-bond donors (Lipinski definition) is 2. The molecule has 4 rings (SSSR count). The Bertz CT molecular complexity index is 1420. The van der Waals surface area contributed by atoms with Crippen molar-refractivity contribution in [2.24, 2.45) is 5.41 Å². The van der Waals surface area contributed by atoms with Crippen LogP contribution in [0, 0.1) is 5.41 Å². The Labute approximate surface area is 262 Å². The minimum atomic E-state index is -1.13. The van der Waals surface area contributed by atoms with E-state index < -0.39 is 29.9 Å². The molecule has 2 atom stereocenters. The largest absolute Gasteiger partial charge is 0.483 e. The molecule has 0 bridgehead atoms. The fourth-order valence-electron chi connectivity index (χ4n) is 5.87. The number of piperazine rings is 1. The Hall–Kier alpha value is -4.42. The molecule has 1 unspecified atom stereocenters. The van der Waals surface area contributed by atoms with E-state index in [1.54, 1.807) is 31.2 Å². The van der Waals surface area contributed by atoms with E-state index in [9.17, 15) is 29.1 Å². The maximum Gasteiger partial charge on any atom is 0.409 e. The first-order chi connectivity index (χ1) is 21.4. The number of carbonyl (C=O) groups is 5. The third-order valence-electron chi connectivity index (χ3n) is 8.20. The Morgan fingerprint density at radius 1 is 1.04 bits per heavy atom. The Morgan fingerprint density at radius 3 is 2.40 bits per heavy atom.